The average Bonchev–Trinajstić information content (AvgIpc) is 2.56. The highest BCUT2D eigenvalue weighted by Crippen LogP contribution is 2.36. The van der Waals surface area contributed by atoms with Crippen LogP contribution in [0.3, 0.4) is 0 Å². The van der Waals surface area contributed by atoms with Gasteiger partial charge < -0.3 is 0 Å². The lowest BCUT2D eigenvalue weighted by molar-refractivity contribution is 0.298. The summed E-state index contributed by atoms with van der Waals surface area (Å²) in [6.07, 6.45) is 16.2. The molecule has 1 aromatic rings. The summed E-state index contributed by atoms with van der Waals surface area (Å²) in [6, 6.07) is 4.42. The van der Waals surface area contributed by atoms with Gasteiger partial charge in [0.1, 0.15) is 0 Å². The van der Waals surface area contributed by atoms with E-state index < -0.39 is 0 Å². The Morgan fingerprint density at radius 3 is 2.27 bits per heavy atom. The lowest BCUT2D eigenvalue weighted by atomic mass is 9.78. The van der Waals surface area contributed by atoms with Gasteiger partial charge in [0.05, 0.1) is 11.4 Å². The summed E-state index contributed by atoms with van der Waals surface area (Å²) in [6.45, 7) is 4.48. The van der Waals surface area contributed by atoms with Gasteiger partial charge in [-0.15, -0.1) is 0 Å². The standard InChI is InChI=1S/C20H34N2/c1-3-5-6-7-8-10-17-11-13-18(14-12-17)20-16-15-19(9-4-2)21-22-20/h15-18H,3-14H2,1-2H3/t17-,18-. The average molecular weight is 303 g/mol. The monoisotopic (exact) mass is 302 g/mol. The van der Waals surface area contributed by atoms with Crippen molar-refractivity contribution in [3.63, 3.8) is 0 Å². The highest BCUT2D eigenvalue weighted by atomic mass is 15.1. The largest absolute Gasteiger partial charge is 0.155 e. The van der Waals surface area contributed by atoms with Crippen LogP contribution in [0.25, 0.3) is 0 Å². The summed E-state index contributed by atoms with van der Waals surface area (Å²) in [5.74, 6) is 1.64. The van der Waals surface area contributed by atoms with Crippen LogP contribution in [0.5, 0.6) is 0 Å². The molecule has 1 aromatic heterocycles. The molecule has 0 atom stereocenters. The molecule has 1 saturated carbocycles. The van der Waals surface area contributed by atoms with Crippen LogP contribution in [-0.4, -0.2) is 10.2 Å². The first-order chi connectivity index (χ1) is 10.8. The van der Waals surface area contributed by atoms with E-state index in [1.165, 1.54) is 69.9 Å². The fourth-order valence-electron chi connectivity index (χ4n) is 3.76. The number of hydrogen-bond donors (Lipinski definition) is 0. The van der Waals surface area contributed by atoms with Gasteiger partial charge in [0.2, 0.25) is 0 Å². The van der Waals surface area contributed by atoms with Gasteiger partial charge in [0.25, 0.3) is 0 Å². The van der Waals surface area contributed by atoms with Crippen molar-refractivity contribution < 1.29 is 0 Å². The number of aryl methyl sites for hydroxylation is 1. The van der Waals surface area contributed by atoms with Crippen LogP contribution < -0.4 is 0 Å². The molecule has 1 heterocycles. The van der Waals surface area contributed by atoms with Crippen molar-refractivity contribution in [1.29, 1.82) is 0 Å². The lowest BCUT2D eigenvalue weighted by Gasteiger charge is -2.28. The molecule has 0 radical (unpaired) electrons. The molecule has 22 heavy (non-hydrogen) atoms. The Morgan fingerprint density at radius 2 is 1.64 bits per heavy atom. The van der Waals surface area contributed by atoms with Gasteiger partial charge in [0, 0.05) is 5.92 Å². The van der Waals surface area contributed by atoms with Crippen LogP contribution in [0.15, 0.2) is 12.1 Å². The zero-order valence-corrected chi connectivity index (χ0v) is 14.7. The molecule has 124 valence electrons. The third-order valence-corrected chi connectivity index (χ3v) is 5.23. The Balaban J connectivity index is 1.68. The van der Waals surface area contributed by atoms with E-state index in [9.17, 15) is 0 Å². The maximum absolute atomic E-state index is 4.49. The molecule has 1 aliphatic rings. The van der Waals surface area contributed by atoms with Crippen LogP contribution in [0.1, 0.15) is 102 Å². The van der Waals surface area contributed by atoms with Gasteiger partial charge in [-0.05, 0) is 50.2 Å². The van der Waals surface area contributed by atoms with E-state index in [0.29, 0.717) is 5.92 Å². The molecule has 0 amide bonds. The van der Waals surface area contributed by atoms with E-state index in [1.807, 2.05) is 0 Å². The summed E-state index contributed by atoms with van der Waals surface area (Å²) in [4.78, 5) is 0. The summed E-state index contributed by atoms with van der Waals surface area (Å²) in [5.41, 5.74) is 2.38. The highest BCUT2D eigenvalue weighted by Gasteiger charge is 2.23. The molecule has 0 spiro atoms. The number of rotatable bonds is 9. The van der Waals surface area contributed by atoms with E-state index in [-0.39, 0.29) is 0 Å². The third-order valence-electron chi connectivity index (χ3n) is 5.23. The van der Waals surface area contributed by atoms with Crippen LogP contribution in [0.4, 0.5) is 0 Å². The molecular formula is C20H34N2. The topological polar surface area (TPSA) is 25.8 Å². The molecule has 0 bridgehead atoms. The minimum Gasteiger partial charge on any atom is -0.155 e. The Bertz CT molecular complexity index is 391. The second kappa shape index (κ2) is 9.97. The maximum Gasteiger partial charge on any atom is 0.0662 e. The molecule has 0 unspecified atom stereocenters. The van der Waals surface area contributed by atoms with Gasteiger partial charge in [-0.25, -0.2) is 0 Å². The van der Waals surface area contributed by atoms with Gasteiger partial charge in [-0.1, -0.05) is 58.8 Å². The molecule has 0 aromatic carbocycles. The Labute approximate surface area is 137 Å². The smallest absolute Gasteiger partial charge is 0.0662 e. The zero-order valence-electron chi connectivity index (χ0n) is 14.7. The van der Waals surface area contributed by atoms with E-state index in [0.717, 1.165) is 24.5 Å². The SMILES string of the molecule is CCCCCCC[C@H]1CC[C@H](c2ccc(CCC)nn2)CC1. The van der Waals surface area contributed by atoms with Crippen molar-refractivity contribution in [2.75, 3.05) is 0 Å². The molecule has 2 heteroatoms. The predicted octanol–water partition coefficient (Wildman–Crippen LogP) is 6.06. The van der Waals surface area contributed by atoms with Crippen molar-refractivity contribution in [1.82, 2.24) is 10.2 Å². The van der Waals surface area contributed by atoms with Crippen LogP contribution in [-0.2, 0) is 6.42 Å². The summed E-state index contributed by atoms with van der Waals surface area (Å²) in [7, 11) is 0. The molecule has 2 nitrogen and oxygen atoms in total. The molecule has 1 fully saturated rings. The third kappa shape index (κ3) is 5.70. The van der Waals surface area contributed by atoms with Crippen molar-refractivity contribution in [3.05, 3.63) is 23.5 Å². The molecular weight excluding hydrogens is 268 g/mol. The lowest BCUT2D eigenvalue weighted by Crippen LogP contribution is -2.15. The number of nitrogens with zero attached hydrogens (tertiary/aromatic N) is 2. The summed E-state index contributed by atoms with van der Waals surface area (Å²) < 4.78 is 0. The van der Waals surface area contributed by atoms with Crippen molar-refractivity contribution in [3.8, 4) is 0 Å². The van der Waals surface area contributed by atoms with E-state index in [4.69, 9.17) is 0 Å². The Morgan fingerprint density at radius 1 is 0.864 bits per heavy atom. The first-order valence-corrected chi connectivity index (χ1v) is 9.66. The van der Waals surface area contributed by atoms with Gasteiger partial charge in [-0.3, -0.25) is 0 Å². The van der Waals surface area contributed by atoms with E-state index in [1.54, 1.807) is 0 Å². The van der Waals surface area contributed by atoms with Crippen molar-refractivity contribution >= 4 is 0 Å². The van der Waals surface area contributed by atoms with Crippen molar-refractivity contribution in [2.24, 2.45) is 5.92 Å². The van der Waals surface area contributed by atoms with Gasteiger partial charge in [-0.2, -0.15) is 10.2 Å². The molecule has 0 saturated heterocycles. The Kier molecular flexibility index (Phi) is 7.90. The minimum absolute atomic E-state index is 0.666. The van der Waals surface area contributed by atoms with Gasteiger partial charge >= 0.3 is 0 Å². The number of unbranched alkanes of at least 4 members (excludes halogenated alkanes) is 4. The van der Waals surface area contributed by atoms with Crippen molar-refractivity contribution in [2.45, 2.75) is 96.8 Å². The number of aromatic nitrogens is 2. The Hall–Kier alpha value is -0.920. The first-order valence-electron chi connectivity index (χ1n) is 9.66. The molecule has 0 N–H and O–H groups in total. The predicted molar refractivity (Wildman–Crippen MR) is 94.1 cm³/mol. The van der Waals surface area contributed by atoms with Gasteiger partial charge in [0.15, 0.2) is 0 Å². The second-order valence-corrected chi connectivity index (χ2v) is 7.12. The maximum atomic E-state index is 4.49. The van der Waals surface area contributed by atoms with Crippen LogP contribution in [0, 0.1) is 5.92 Å². The van der Waals surface area contributed by atoms with E-state index >= 15 is 0 Å². The molecule has 1 aliphatic carbocycles. The summed E-state index contributed by atoms with van der Waals surface area (Å²) in [5, 5.41) is 8.88. The second-order valence-electron chi connectivity index (χ2n) is 7.12. The quantitative estimate of drug-likeness (QED) is 0.518. The number of hydrogen-bond acceptors (Lipinski definition) is 2. The molecule has 2 rings (SSSR count). The fourth-order valence-corrected chi connectivity index (χ4v) is 3.76. The minimum atomic E-state index is 0.666. The fraction of sp³-hybridized carbons (Fsp3) is 0.800. The molecule has 0 aliphatic heterocycles. The van der Waals surface area contributed by atoms with Crippen LogP contribution in [0.2, 0.25) is 0 Å². The summed E-state index contributed by atoms with van der Waals surface area (Å²) >= 11 is 0. The first kappa shape index (κ1) is 17.4. The zero-order chi connectivity index (χ0) is 15.6. The van der Waals surface area contributed by atoms with E-state index in [2.05, 4.69) is 36.2 Å². The van der Waals surface area contributed by atoms with Crippen LogP contribution >= 0.6 is 0 Å². The normalized spacial score (nSPS) is 21.9. The highest BCUT2D eigenvalue weighted by molar-refractivity contribution is 5.12.